The van der Waals surface area contributed by atoms with Gasteiger partial charge >= 0.3 is 0 Å². The van der Waals surface area contributed by atoms with Crippen LogP contribution in [0.1, 0.15) is 23.2 Å². The molecule has 2 saturated heterocycles. The van der Waals surface area contributed by atoms with Gasteiger partial charge in [-0.05, 0) is 18.9 Å². The lowest BCUT2D eigenvalue weighted by Crippen LogP contribution is -2.51. The van der Waals surface area contributed by atoms with Crippen LogP contribution >= 0.6 is 0 Å². The molecule has 2 fully saturated rings. The van der Waals surface area contributed by atoms with E-state index in [9.17, 15) is 19.7 Å². The molecule has 8 heteroatoms. The van der Waals surface area contributed by atoms with Gasteiger partial charge in [-0.2, -0.15) is 0 Å². The highest BCUT2D eigenvalue weighted by Gasteiger charge is 2.28. The van der Waals surface area contributed by atoms with Crippen LogP contribution in [0.25, 0.3) is 0 Å². The molecule has 0 unspecified atom stereocenters. The van der Waals surface area contributed by atoms with E-state index in [1.165, 1.54) is 12.1 Å². The number of para-hydroxylation sites is 1. The Bertz CT molecular complexity index is 664. The molecule has 0 spiro atoms. The Balaban J connectivity index is 1.56. The number of piperazine rings is 1. The molecule has 0 atom stereocenters. The summed E-state index contributed by atoms with van der Waals surface area (Å²) in [5, 5.41) is 11.1. The average Bonchev–Trinajstić information content (AvgIpc) is 3.16. The number of hydrogen-bond donors (Lipinski definition) is 0. The Morgan fingerprint density at radius 3 is 2.24 bits per heavy atom. The van der Waals surface area contributed by atoms with Crippen molar-refractivity contribution < 1.29 is 14.5 Å². The largest absolute Gasteiger partial charge is 0.342 e. The maximum atomic E-state index is 12.6. The van der Waals surface area contributed by atoms with Crippen molar-refractivity contribution in [1.82, 2.24) is 14.7 Å². The van der Waals surface area contributed by atoms with E-state index in [1.54, 1.807) is 17.0 Å². The fourth-order valence-corrected chi connectivity index (χ4v) is 3.35. The van der Waals surface area contributed by atoms with E-state index in [2.05, 4.69) is 0 Å². The summed E-state index contributed by atoms with van der Waals surface area (Å²) in [7, 11) is 0. The van der Waals surface area contributed by atoms with Gasteiger partial charge in [0.05, 0.1) is 11.5 Å². The number of rotatable bonds is 4. The molecule has 8 nitrogen and oxygen atoms in total. The van der Waals surface area contributed by atoms with Gasteiger partial charge in [-0.3, -0.25) is 24.6 Å². The Hall–Kier alpha value is -2.48. The van der Waals surface area contributed by atoms with E-state index < -0.39 is 4.92 Å². The number of nitrogens with zero attached hydrogens (tertiary/aromatic N) is 4. The molecule has 25 heavy (non-hydrogen) atoms. The van der Waals surface area contributed by atoms with Crippen LogP contribution in [0.5, 0.6) is 0 Å². The molecule has 1 aromatic carbocycles. The van der Waals surface area contributed by atoms with Gasteiger partial charge in [-0.1, -0.05) is 12.1 Å². The molecule has 134 valence electrons. The van der Waals surface area contributed by atoms with Gasteiger partial charge in [0.15, 0.2) is 0 Å². The predicted octanol–water partition coefficient (Wildman–Crippen LogP) is 0.975. The number of hydrogen-bond acceptors (Lipinski definition) is 5. The molecule has 0 N–H and O–H groups in total. The number of carbonyl (C=O) groups is 2. The molecule has 2 aliphatic heterocycles. The van der Waals surface area contributed by atoms with Crippen LogP contribution in [0, 0.1) is 10.1 Å². The van der Waals surface area contributed by atoms with Crippen LogP contribution in [0.15, 0.2) is 24.3 Å². The quantitative estimate of drug-likeness (QED) is 0.599. The normalized spacial score (nSPS) is 18.4. The first-order valence-electron chi connectivity index (χ1n) is 8.59. The van der Waals surface area contributed by atoms with Crippen molar-refractivity contribution in [2.45, 2.75) is 12.8 Å². The fraction of sp³-hybridized carbons (Fsp3) is 0.529. The van der Waals surface area contributed by atoms with Crippen molar-refractivity contribution in [2.24, 2.45) is 0 Å². The molecule has 1 aromatic rings. The van der Waals surface area contributed by atoms with E-state index in [1.807, 2.05) is 9.80 Å². The molecule has 0 aliphatic carbocycles. The van der Waals surface area contributed by atoms with E-state index in [-0.39, 0.29) is 23.1 Å². The summed E-state index contributed by atoms with van der Waals surface area (Å²) in [4.78, 5) is 40.9. The van der Waals surface area contributed by atoms with E-state index in [0.717, 1.165) is 25.9 Å². The second-order valence-corrected chi connectivity index (χ2v) is 6.43. The zero-order chi connectivity index (χ0) is 17.8. The Morgan fingerprint density at radius 1 is 0.960 bits per heavy atom. The smallest absolute Gasteiger partial charge is 0.282 e. The number of amides is 2. The minimum absolute atomic E-state index is 0.120. The van der Waals surface area contributed by atoms with Gasteiger partial charge in [-0.15, -0.1) is 0 Å². The topological polar surface area (TPSA) is 87.0 Å². The molecule has 3 rings (SSSR count). The number of nitro benzene ring substituents is 1. The summed E-state index contributed by atoms with van der Waals surface area (Å²) in [6, 6.07) is 6.02. The monoisotopic (exact) mass is 346 g/mol. The molecule has 0 aromatic heterocycles. The van der Waals surface area contributed by atoms with Crippen LogP contribution in [0.4, 0.5) is 5.69 Å². The third-order valence-corrected chi connectivity index (χ3v) is 4.81. The Kier molecular flexibility index (Phi) is 5.28. The molecule has 0 radical (unpaired) electrons. The zero-order valence-electron chi connectivity index (χ0n) is 14.1. The molecule has 0 bridgehead atoms. The Labute approximate surface area is 146 Å². The lowest BCUT2D eigenvalue weighted by molar-refractivity contribution is -0.385. The van der Waals surface area contributed by atoms with Crippen LogP contribution < -0.4 is 0 Å². The molecule has 0 saturated carbocycles. The number of benzene rings is 1. The van der Waals surface area contributed by atoms with Crippen molar-refractivity contribution in [1.29, 1.82) is 0 Å². The minimum Gasteiger partial charge on any atom is -0.342 e. The fourth-order valence-electron chi connectivity index (χ4n) is 3.35. The van der Waals surface area contributed by atoms with Crippen molar-refractivity contribution >= 4 is 17.5 Å². The van der Waals surface area contributed by atoms with Crippen molar-refractivity contribution in [3.8, 4) is 0 Å². The average molecular weight is 346 g/mol. The first kappa shape index (κ1) is 17.3. The van der Waals surface area contributed by atoms with Gasteiger partial charge in [-0.25, -0.2) is 0 Å². The zero-order valence-corrected chi connectivity index (χ0v) is 14.1. The Morgan fingerprint density at radius 2 is 1.60 bits per heavy atom. The highest BCUT2D eigenvalue weighted by Crippen LogP contribution is 2.20. The van der Waals surface area contributed by atoms with Gasteiger partial charge < -0.3 is 9.80 Å². The summed E-state index contributed by atoms with van der Waals surface area (Å²) in [6.07, 6.45) is 2.15. The van der Waals surface area contributed by atoms with Crippen LogP contribution in [0.2, 0.25) is 0 Å². The number of likely N-dealkylation sites (tertiary alicyclic amines) is 1. The van der Waals surface area contributed by atoms with Crippen molar-refractivity contribution in [3.63, 3.8) is 0 Å². The number of nitro groups is 1. The number of carbonyl (C=O) groups excluding carboxylic acids is 2. The molecular weight excluding hydrogens is 324 g/mol. The van der Waals surface area contributed by atoms with Gasteiger partial charge in [0, 0.05) is 45.3 Å². The van der Waals surface area contributed by atoms with Gasteiger partial charge in [0.2, 0.25) is 5.91 Å². The lowest BCUT2D eigenvalue weighted by atomic mass is 10.1. The van der Waals surface area contributed by atoms with Crippen LogP contribution in [0.3, 0.4) is 0 Å². The van der Waals surface area contributed by atoms with E-state index in [4.69, 9.17) is 0 Å². The first-order chi connectivity index (χ1) is 12.1. The maximum absolute atomic E-state index is 12.6. The lowest BCUT2D eigenvalue weighted by Gasteiger charge is -2.35. The molecule has 2 heterocycles. The summed E-state index contributed by atoms with van der Waals surface area (Å²) < 4.78 is 0. The van der Waals surface area contributed by atoms with Crippen LogP contribution in [-0.2, 0) is 4.79 Å². The van der Waals surface area contributed by atoms with E-state index >= 15 is 0 Å². The summed E-state index contributed by atoms with van der Waals surface area (Å²) >= 11 is 0. The second kappa shape index (κ2) is 7.60. The van der Waals surface area contributed by atoms with E-state index in [0.29, 0.717) is 32.7 Å². The second-order valence-electron chi connectivity index (χ2n) is 6.43. The van der Waals surface area contributed by atoms with Gasteiger partial charge in [0.25, 0.3) is 11.6 Å². The van der Waals surface area contributed by atoms with Crippen molar-refractivity contribution in [2.75, 3.05) is 45.8 Å². The van der Waals surface area contributed by atoms with Crippen molar-refractivity contribution in [3.05, 3.63) is 39.9 Å². The maximum Gasteiger partial charge on any atom is 0.282 e. The minimum atomic E-state index is -0.530. The highest BCUT2D eigenvalue weighted by atomic mass is 16.6. The van der Waals surface area contributed by atoms with Crippen LogP contribution in [-0.4, -0.2) is 77.3 Å². The third-order valence-electron chi connectivity index (χ3n) is 4.81. The summed E-state index contributed by atoms with van der Waals surface area (Å²) in [6.45, 7) is 4.21. The first-order valence-corrected chi connectivity index (χ1v) is 8.59. The summed E-state index contributed by atoms with van der Waals surface area (Å²) in [5.74, 6) is -0.172. The third kappa shape index (κ3) is 3.96. The predicted molar refractivity (Wildman–Crippen MR) is 91.3 cm³/mol. The molecular formula is C17H22N4O4. The van der Waals surface area contributed by atoms with Gasteiger partial charge in [0.1, 0.15) is 5.56 Å². The highest BCUT2D eigenvalue weighted by molar-refractivity contribution is 5.98. The standard InChI is InChI=1S/C17H22N4O4/c22-16(19-7-3-4-8-19)13-18-9-11-20(12-10-18)17(23)14-5-1-2-6-15(14)21(24)25/h1-2,5-6H,3-4,7-13H2. The SMILES string of the molecule is O=C(CN1CCN(C(=O)c2ccccc2[N+](=O)[O-])CC1)N1CCCC1. The summed E-state index contributed by atoms with van der Waals surface area (Å²) in [5.41, 5.74) is -0.0479. The molecule has 2 amide bonds. The molecule has 2 aliphatic rings.